The normalized spacial score (nSPS) is 14.3. The maximum atomic E-state index is 12.2. The molecule has 1 amide bonds. The van der Waals surface area contributed by atoms with Gasteiger partial charge in [0.1, 0.15) is 11.2 Å². The van der Waals surface area contributed by atoms with Crippen LogP contribution in [0.3, 0.4) is 0 Å². The van der Waals surface area contributed by atoms with E-state index in [0.717, 1.165) is 29.3 Å². The fourth-order valence-electron chi connectivity index (χ4n) is 2.37. The van der Waals surface area contributed by atoms with E-state index in [1.807, 2.05) is 12.1 Å². The number of oxazole rings is 1. The van der Waals surface area contributed by atoms with E-state index in [1.165, 1.54) is 11.3 Å². The summed E-state index contributed by atoms with van der Waals surface area (Å²) in [5.74, 6) is 1.04. The van der Waals surface area contributed by atoms with Crippen molar-refractivity contribution in [1.29, 1.82) is 0 Å². The molecular formula is C16H16N4O2S. The molecule has 4 rings (SSSR count). The first-order valence-corrected chi connectivity index (χ1v) is 8.47. The first-order valence-electron chi connectivity index (χ1n) is 7.59. The maximum absolute atomic E-state index is 12.2. The molecule has 1 aliphatic carbocycles. The largest absolute Gasteiger partial charge is 0.440 e. The minimum Gasteiger partial charge on any atom is -0.440 e. The Morgan fingerprint density at radius 3 is 3.04 bits per heavy atom. The van der Waals surface area contributed by atoms with Gasteiger partial charge in [-0.05, 0) is 31.5 Å². The van der Waals surface area contributed by atoms with Crippen LogP contribution in [-0.2, 0) is 6.42 Å². The number of anilines is 1. The minimum atomic E-state index is -0.231. The SMILES string of the molecule is NCCc1nc(C(=O)Nc2ccc3nc(C4CC4)oc3c2)cs1. The lowest BCUT2D eigenvalue weighted by molar-refractivity contribution is 0.102. The second-order valence-corrected chi connectivity index (χ2v) is 6.57. The summed E-state index contributed by atoms with van der Waals surface area (Å²) in [6.07, 6.45) is 2.97. The third kappa shape index (κ3) is 2.97. The van der Waals surface area contributed by atoms with Crippen molar-refractivity contribution in [2.75, 3.05) is 11.9 Å². The number of rotatable bonds is 5. The molecule has 0 atom stereocenters. The van der Waals surface area contributed by atoms with Crippen molar-refractivity contribution in [1.82, 2.24) is 9.97 Å². The number of hydrogen-bond donors (Lipinski definition) is 2. The van der Waals surface area contributed by atoms with E-state index in [9.17, 15) is 4.79 Å². The number of fused-ring (bicyclic) bond motifs is 1. The average Bonchev–Trinajstić information content (AvgIpc) is 3.13. The number of thiazole rings is 1. The third-order valence-electron chi connectivity index (χ3n) is 3.73. The number of hydrogen-bond acceptors (Lipinski definition) is 6. The standard InChI is InChI=1S/C16H16N4O2S/c17-6-5-14-19-12(8-23-14)15(21)18-10-3-4-11-13(7-10)22-16(20-11)9-1-2-9/h3-4,7-9H,1-2,5-6,17H2,(H,18,21). The van der Waals surface area contributed by atoms with E-state index in [4.69, 9.17) is 10.2 Å². The van der Waals surface area contributed by atoms with Crippen LogP contribution < -0.4 is 11.1 Å². The zero-order valence-corrected chi connectivity index (χ0v) is 13.2. The van der Waals surface area contributed by atoms with Crippen LogP contribution in [0.5, 0.6) is 0 Å². The van der Waals surface area contributed by atoms with Crippen molar-refractivity contribution in [3.8, 4) is 0 Å². The highest BCUT2D eigenvalue weighted by molar-refractivity contribution is 7.09. The van der Waals surface area contributed by atoms with E-state index in [0.29, 0.717) is 35.8 Å². The van der Waals surface area contributed by atoms with Crippen LogP contribution in [0.15, 0.2) is 28.0 Å². The molecule has 1 aliphatic rings. The summed E-state index contributed by atoms with van der Waals surface area (Å²) in [5.41, 5.74) is 8.11. The van der Waals surface area contributed by atoms with Gasteiger partial charge in [0.25, 0.3) is 5.91 Å². The number of nitrogens with zero attached hydrogens (tertiary/aromatic N) is 2. The highest BCUT2D eigenvalue weighted by Gasteiger charge is 2.28. The maximum Gasteiger partial charge on any atom is 0.275 e. The molecule has 0 spiro atoms. The molecule has 0 aliphatic heterocycles. The molecule has 0 bridgehead atoms. The molecule has 3 aromatic rings. The van der Waals surface area contributed by atoms with Gasteiger partial charge in [-0.3, -0.25) is 4.79 Å². The fraction of sp³-hybridized carbons (Fsp3) is 0.312. The van der Waals surface area contributed by atoms with Crippen molar-refractivity contribution in [2.24, 2.45) is 5.73 Å². The summed E-state index contributed by atoms with van der Waals surface area (Å²) in [6.45, 7) is 0.528. The summed E-state index contributed by atoms with van der Waals surface area (Å²) in [7, 11) is 0. The molecule has 7 heteroatoms. The molecule has 23 heavy (non-hydrogen) atoms. The monoisotopic (exact) mass is 328 g/mol. The van der Waals surface area contributed by atoms with Gasteiger partial charge in [-0.2, -0.15) is 0 Å². The lowest BCUT2D eigenvalue weighted by Gasteiger charge is -2.02. The fourth-order valence-corrected chi connectivity index (χ4v) is 3.17. The summed E-state index contributed by atoms with van der Waals surface area (Å²) in [6, 6.07) is 5.49. The zero-order chi connectivity index (χ0) is 15.8. The second kappa shape index (κ2) is 5.75. The van der Waals surface area contributed by atoms with Crippen molar-refractivity contribution in [3.63, 3.8) is 0 Å². The molecule has 0 saturated heterocycles. The molecule has 1 saturated carbocycles. The predicted molar refractivity (Wildman–Crippen MR) is 88.8 cm³/mol. The van der Waals surface area contributed by atoms with Gasteiger partial charge < -0.3 is 15.5 Å². The average molecular weight is 328 g/mol. The molecule has 0 unspecified atom stereocenters. The Balaban J connectivity index is 1.52. The first kappa shape index (κ1) is 14.3. The van der Waals surface area contributed by atoms with Crippen LogP contribution in [0, 0.1) is 0 Å². The Bertz CT molecular complexity index is 866. The highest BCUT2D eigenvalue weighted by Crippen LogP contribution is 2.40. The Kier molecular flexibility index (Phi) is 3.59. The van der Waals surface area contributed by atoms with Gasteiger partial charge in [0, 0.05) is 29.5 Å². The van der Waals surface area contributed by atoms with Crippen LogP contribution in [0.1, 0.15) is 40.1 Å². The van der Waals surface area contributed by atoms with E-state index < -0.39 is 0 Å². The highest BCUT2D eigenvalue weighted by atomic mass is 32.1. The predicted octanol–water partition coefficient (Wildman–Crippen LogP) is 2.92. The Hall–Kier alpha value is -2.25. The Morgan fingerprint density at radius 1 is 1.39 bits per heavy atom. The van der Waals surface area contributed by atoms with Crippen molar-refractivity contribution in [3.05, 3.63) is 40.2 Å². The van der Waals surface area contributed by atoms with Crippen LogP contribution in [-0.4, -0.2) is 22.4 Å². The van der Waals surface area contributed by atoms with E-state index in [-0.39, 0.29) is 5.91 Å². The van der Waals surface area contributed by atoms with Crippen molar-refractivity contribution >= 4 is 34.0 Å². The molecule has 0 radical (unpaired) electrons. The smallest absolute Gasteiger partial charge is 0.275 e. The number of nitrogens with two attached hydrogens (primary N) is 1. The van der Waals surface area contributed by atoms with Crippen LogP contribution in [0.25, 0.3) is 11.1 Å². The Labute approximate surface area is 136 Å². The van der Waals surface area contributed by atoms with E-state index in [1.54, 1.807) is 11.4 Å². The number of aromatic nitrogens is 2. The summed E-state index contributed by atoms with van der Waals surface area (Å²) in [4.78, 5) is 21.0. The van der Waals surface area contributed by atoms with Crippen molar-refractivity contribution < 1.29 is 9.21 Å². The van der Waals surface area contributed by atoms with E-state index in [2.05, 4.69) is 15.3 Å². The summed E-state index contributed by atoms with van der Waals surface area (Å²) < 4.78 is 5.77. The second-order valence-electron chi connectivity index (χ2n) is 5.63. The van der Waals surface area contributed by atoms with Crippen LogP contribution in [0.2, 0.25) is 0 Å². The summed E-state index contributed by atoms with van der Waals surface area (Å²) >= 11 is 1.45. The van der Waals surface area contributed by atoms with E-state index >= 15 is 0 Å². The van der Waals surface area contributed by atoms with Crippen LogP contribution >= 0.6 is 11.3 Å². The molecule has 6 nitrogen and oxygen atoms in total. The topological polar surface area (TPSA) is 94.0 Å². The molecule has 2 heterocycles. The zero-order valence-electron chi connectivity index (χ0n) is 12.4. The molecule has 118 valence electrons. The van der Waals surface area contributed by atoms with Crippen molar-refractivity contribution in [2.45, 2.75) is 25.2 Å². The minimum absolute atomic E-state index is 0.231. The lowest BCUT2D eigenvalue weighted by Crippen LogP contribution is -2.12. The van der Waals surface area contributed by atoms with Gasteiger partial charge in [0.2, 0.25) is 0 Å². The lowest BCUT2D eigenvalue weighted by atomic mass is 10.3. The van der Waals surface area contributed by atoms with Gasteiger partial charge in [-0.1, -0.05) is 0 Å². The number of carbonyl (C=O) groups is 1. The van der Waals surface area contributed by atoms with Gasteiger partial charge in [0.05, 0.1) is 5.01 Å². The molecular weight excluding hydrogens is 312 g/mol. The number of benzene rings is 1. The molecule has 3 N–H and O–H groups in total. The number of carbonyl (C=O) groups excluding carboxylic acids is 1. The van der Waals surface area contributed by atoms with Gasteiger partial charge in [0.15, 0.2) is 11.5 Å². The van der Waals surface area contributed by atoms with Gasteiger partial charge >= 0.3 is 0 Å². The number of amides is 1. The summed E-state index contributed by atoms with van der Waals surface area (Å²) in [5, 5.41) is 5.47. The third-order valence-corrected chi connectivity index (χ3v) is 4.64. The quantitative estimate of drug-likeness (QED) is 0.751. The molecule has 1 aromatic carbocycles. The van der Waals surface area contributed by atoms with Crippen LogP contribution in [0.4, 0.5) is 5.69 Å². The first-order chi connectivity index (χ1) is 11.2. The molecule has 1 fully saturated rings. The number of nitrogens with one attached hydrogen (secondary N) is 1. The molecule has 2 aromatic heterocycles. The Morgan fingerprint density at radius 2 is 2.26 bits per heavy atom. The van der Waals surface area contributed by atoms with Gasteiger partial charge in [-0.15, -0.1) is 11.3 Å². The van der Waals surface area contributed by atoms with Gasteiger partial charge in [-0.25, -0.2) is 9.97 Å².